The van der Waals surface area contributed by atoms with Crippen molar-refractivity contribution in [3.05, 3.63) is 30.0 Å². The predicted molar refractivity (Wildman–Crippen MR) is 76.9 cm³/mol. The Kier molecular flexibility index (Phi) is 3.55. The number of benzene rings is 1. The zero-order chi connectivity index (χ0) is 14.0. The number of likely N-dealkylation sites (N-methyl/N-ethyl adjacent to an activating group) is 1. The summed E-state index contributed by atoms with van der Waals surface area (Å²) in [6.45, 7) is 1.93. The maximum Gasteiger partial charge on any atom is 0.323 e. The van der Waals surface area contributed by atoms with E-state index in [4.69, 9.17) is 5.11 Å². The van der Waals surface area contributed by atoms with Crippen LogP contribution in [0.25, 0.3) is 10.8 Å². The summed E-state index contributed by atoms with van der Waals surface area (Å²) in [5.74, 6) is -0.192. The summed E-state index contributed by atoms with van der Waals surface area (Å²) in [7, 11) is 3.58. The molecule has 0 bridgehead atoms. The van der Waals surface area contributed by atoms with E-state index < -0.39 is 5.97 Å². The fourth-order valence-corrected chi connectivity index (χ4v) is 2.12. The molecule has 0 radical (unpaired) electrons. The topological polar surface area (TPSA) is 65.5 Å². The molecule has 2 aromatic rings. The summed E-state index contributed by atoms with van der Waals surface area (Å²) >= 11 is 0. The standard InChI is InChI=1S/C14H17N3O2/c1-9-4-5-10-11(6-9)14(16-7-12(10)15-2)17(3)8-13(18)19/h4-7,15H,8H2,1-3H3,(H,18,19). The Morgan fingerprint density at radius 3 is 2.79 bits per heavy atom. The molecule has 1 aromatic carbocycles. The number of carboxylic acids is 1. The molecule has 0 aliphatic carbocycles. The Labute approximate surface area is 111 Å². The van der Waals surface area contributed by atoms with Crippen LogP contribution in [-0.4, -0.2) is 36.7 Å². The lowest BCUT2D eigenvalue weighted by Crippen LogP contribution is -2.26. The third-order valence-corrected chi connectivity index (χ3v) is 3.03. The number of carbonyl (C=O) groups is 1. The van der Waals surface area contributed by atoms with Crippen molar-refractivity contribution in [1.82, 2.24) is 4.98 Å². The van der Waals surface area contributed by atoms with Gasteiger partial charge in [0.15, 0.2) is 0 Å². The lowest BCUT2D eigenvalue weighted by Gasteiger charge is -2.19. The van der Waals surface area contributed by atoms with Crippen LogP contribution >= 0.6 is 0 Å². The summed E-state index contributed by atoms with van der Waals surface area (Å²) in [4.78, 5) is 16.8. The van der Waals surface area contributed by atoms with Gasteiger partial charge in [0.2, 0.25) is 0 Å². The fraction of sp³-hybridized carbons (Fsp3) is 0.286. The van der Waals surface area contributed by atoms with E-state index >= 15 is 0 Å². The molecule has 5 nitrogen and oxygen atoms in total. The lowest BCUT2D eigenvalue weighted by molar-refractivity contribution is -0.135. The van der Waals surface area contributed by atoms with E-state index in [2.05, 4.69) is 10.3 Å². The number of hydrogen-bond acceptors (Lipinski definition) is 4. The van der Waals surface area contributed by atoms with Crippen LogP contribution < -0.4 is 10.2 Å². The van der Waals surface area contributed by atoms with Gasteiger partial charge in [-0.25, -0.2) is 4.98 Å². The molecular weight excluding hydrogens is 242 g/mol. The third kappa shape index (κ3) is 2.59. The quantitative estimate of drug-likeness (QED) is 0.880. The highest BCUT2D eigenvalue weighted by atomic mass is 16.4. The molecule has 100 valence electrons. The second kappa shape index (κ2) is 5.14. The van der Waals surface area contributed by atoms with E-state index in [1.807, 2.05) is 32.2 Å². The van der Waals surface area contributed by atoms with Crippen LogP contribution in [0.3, 0.4) is 0 Å². The molecule has 19 heavy (non-hydrogen) atoms. The van der Waals surface area contributed by atoms with Gasteiger partial charge in [-0.15, -0.1) is 0 Å². The second-order valence-corrected chi connectivity index (χ2v) is 4.54. The minimum atomic E-state index is -0.872. The average molecular weight is 259 g/mol. The lowest BCUT2D eigenvalue weighted by atomic mass is 10.1. The van der Waals surface area contributed by atoms with Crippen LogP contribution in [0.5, 0.6) is 0 Å². The number of aliphatic carboxylic acids is 1. The Bertz CT molecular complexity index is 625. The van der Waals surface area contributed by atoms with Gasteiger partial charge in [0, 0.05) is 24.9 Å². The summed E-state index contributed by atoms with van der Waals surface area (Å²) in [6, 6.07) is 6.08. The molecule has 0 spiro atoms. The molecule has 0 aliphatic heterocycles. The van der Waals surface area contributed by atoms with Crippen molar-refractivity contribution in [2.45, 2.75) is 6.92 Å². The molecule has 1 heterocycles. The van der Waals surface area contributed by atoms with Crippen molar-refractivity contribution >= 4 is 28.2 Å². The van der Waals surface area contributed by atoms with Crippen LogP contribution in [0.2, 0.25) is 0 Å². The Balaban J connectivity index is 2.61. The zero-order valence-electron chi connectivity index (χ0n) is 11.3. The number of nitrogens with one attached hydrogen (secondary N) is 1. The van der Waals surface area contributed by atoms with E-state index in [0.717, 1.165) is 22.0 Å². The summed E-state index contributed by atoms with van der Waals surface area (Å²) < 4.78 is 0. The van der Waals surface area contributed by atoms with Gasteiger partial charge in [0.05, 0.1) is 11.9 Å². The van der Waals surface area contributed by atoms with Crippen LogP contribution in [-0.2, 0) is 4.79 Å². The van der Waals surface area contributed by atoms with Crippen LogP contribution in [0, 0.1) is 6.92 Å². The molecule has 2 N–H and O–H groups in total. The summed E-state index contributed by atoms with van der Waals surface area (Å²) in [6.07, 6.45) is 1.73. The Morgan fingerprint density at radius 2 is 2.16 bits per heavy atom. The number of nitrogens with zero attached hydrogens (tertiary/aromatic N) is 2. The molecule has 0 amide bonds. The van der Waals surface area contributed by atoms with Gasteiger partial charge in [-0.05, 0) is 13.0 Å². The van der Waals surface area contributed by atoms with Crippen LogP contribution in [0.1, 0.15) is 5.56 Å². The second-order valence-electron chi connectivity index (χ2n) is 4.54. The van der Waals surface area contributed by atoms with Gasteiger partial charge in [0.25, 0.3) is 0 Å². The van der Waals surface area contributed by atoms with Crippen LogP contribution in [0.4, 0.5) is 11.5 Å². The van der Waals surface area contributed by atoms with Gasteiger partial charge in [-0.1, -0.05) is 17.7 Å². The SMILES string of the molecule is CNc1cnc(N(C)CC(=O)O)c2cc(C)ccc12. The van der Waals surface area contributed by atoms with Crippen molar-refractivity contribution in [2.75, 3.05) is 30.9 Å². The van der Waals surface area contributed by atoms with E-state index in [1.54, 1.807) is 18.1 Å². The minimum absolute atomic E-state index is 0.0745. The van der Waals surface area contributed by atoms with E-state index in [0.29, 0.717) is 5.82 Å². The van der Waals surface area contributed by atoms with Gasteiger partial charge in [-0.2, -0.15) is 0 Å². The third-order valence-electron chi connectivity index (χ3n) is 3.03. The molecule has 5 heteroatoms. The van der Waals surface area contributed by atoms with Gasteiger partial charge in [0.1, 0.15) is 12.4 Å². The highest BCUT2D eigenvalue weighted by Gasteiger charge is 2.13. The van der Waals surface area contributed by atoms with Crippen LogP contribution in [0.15, 0.2) is 24.4 Å². The Morgan fingerprint density at radius 1 is 1.42 bits per heavy atom. The summed E-state index contributed by atoms with van der Waals surface area (Å²) in [5.41, 5.74) is 2.05. The molecule has 2 rings (SSSR count). The molecular formula is C14H17N3O2. The number of pyridine rings is 1. The Hall–Kier alpha value is -2.30. The molecule has 0 fully saturated rings. The smallest absolute Gasteiger partial charge is 0.323 e. The normalized spacial score (nSPS) is 10.5. The average Bonchev–Trinajstić information content (AvgIpc) is 2.36. The van der Waals surface area contributed by atoms with Crippen molar-refractivity contribution in [2.24, 2.45) is 0 Å². The number of carboxylic acid groups (broad SMARTS) is 1. The maximum atomic E-state index is 10.8. The molecule has 0 saturated carbocycles. The molecule has 0 aliphatic rings. The molecule has 0 atom stereocenters. The number of fused-ring (bicyclic) bond motifs is 1. The monoisotopic (exact) mass is 259 g/mol. The predicted octanol–water partition coefficient (Wildman–Crippen LogP) is 2.11. The first-order valence-electron chi connectivity index (χ1n) is 6.03. The number of anilines is 2. The van der Waals surface area contributed by atoms with Crippen molar-refractivity contribution in [1.29, 1.82) is 0 Å². The zero-order valence-corrected chi connectivity index (χ0v) is 11.3. The van der Waals surface area contributed by atoms with Crippen molar-refractivity contribution in [3.8, 4) is 0 Å². The van der Waals surface area contributed by atoms with Gasteiger partial charge < -0.3 is 15.3 Å². The highest BCUT2D eigenvalue weighted by molar-refractivity contribution is 6.00. The highest BCUT2D eigenvalue weighted by Crippen LogP contribution is 2.30. The number of hydrogen-bond donors (Lipinski definition) is 2. The first kappa shape index (κ1) is 13.1. The largest absolute Gasteiger partial charge is 0.480 e. The molecule has 0 unspecified atom stereocenters. The number of aromatic nitrogens is 1. The van der Waals surface area contributed by atoms with E-state index in [1.165, 1.54) is 0 Å². The van der Waals surface area contributed by atoms with Crippen molar-refractivity contribution < 1.29 is 9.90 Å². The number of rotatable bonds is 4. The van der Waals surface area contributed by atoms with Gasteiger partial charge in [-0.3, -0.25) is 4.79 Å². The first-order valence-corrected chi connectivity index (χ1v) is 6.03. The molecule has 1 aromatic heterocycles. The molecule has 0 saturated heterocycles. The minimum Gasteiger partial charge on any atom is -0.480 e. The number of aryl methyl sites for hydroxylation is 1. The van der Waals surface area contributed by atoms with Crippen molar-refractivity contribution in [3.63, 3.8) is 0 Å². The fourth-order valence-electron chi connectivity index (χ4n) is 2.12. The first-order chi connectivity index (χ1) is 9.02. The van der Waals surface area contributed by atoms with Gasteiger partial charge >= 0.3 is 5.97 Å². The van der Waals surface area contributed by atoms with E-state index in [-0.39, 0.29) is 6.54 Å². The summed E-state index contributed by atoms with van der Waals surface area (Å²) in [5, 5.41) is 14.0. The van der Waals surface area contributed by atoms with E-state index in [9.17, 15) is 4.79 Å². The maximum absolute atomic E-state index is 10.8.